The van der Waals surface area contributed by atoms with Gasteiger partial charge in [0.1, 0.15) is 17.2 Å². The first-order valence-corrected chi connectivity index (χ1v) is 6.67. The van der Waals surface area contributed by atoms with Crippen LogP contribution in [0.1, 0.15) is 15.9 Å². The van der Waals surface area contributed by atoms with E-state index >= 15 is 0 Å². The van der Waals surface area contributed by atoms with Crippen LogP contribution in [0.3, 0.4) is 0 Å². The van der Waals surface area contributed by atoms with Gasteiger partial charge in [-0.25, -0.2) is 4.39 Å². The van der Waals surface area contributed by atoms with E-state index in [2.05, 4.69) is 14.0 Å². The molecule has 2 aromatic carbocycles. The van der Waals surface area contributed by atoms with Gasteiger partial charge in [0.15, 0.2) is 0 Å². The molecule has 6 heteroatoms. The average Bonchev–Trinajstić information content (AvgIpc) is 2.87. The molecule has 1 heterocycles. The Morgan fingerprint density at radius 3 is 2.90 bits per heavy atom. The first kappa shape index (κ1) is 12.7. The van der Waals surface area contributed by atoms with E-state index in [0.29, 0.717) is 22.5 Å². The van der Waals surface area contributed by atoms with Gasteiger partial charge in [0.25, 0.3) is 5.91 Å². The molecule has 100 valence electrons. The molecule has 0 aliphatic carbocycles. The van der Waals surface area contributed by atoms with Crippen molar-refractivity contribution >= 4 is 34.3 Å². The maximum atomic E-state index is 13.1. The number of fused-ring (bicyclic) bond motifs is 1. The molecule has 0 radical (unpaired) electrons. The number of hydrogen-bond donors (Lipinski definition) is 1. The predicted molar refractivity (Wildman–Crippen MR) is 77.1 cm³/mol. The number of carbonyl (C=O) groups is 1. The molecule has 0 fully saturated rings. The average molecular weight is 287 g/mol. The second-order valence-electron chi connectivity index (χ2n) is 4.35. The Morgan fingerprint density at radius 2 is 2.10 bits per heavy atom. The Morgan fingerprint density at radius 1 is 1.25 bits per heavy atom. The zero-order chi connectivity index (χ0) is 14.1. The highest BCUT2D eigenvalue weighted by molar-refractivity contribution is 7.58. The SMILES string of the molecule is Cc1cc(F)ccc1C(=O)Nc1cccc2c1N=S=N2. The van der Waals surface area contributed by atoms with Gasteiger partial charge in [0, 0.05) is 5.56 Å². The number of benzene rings is 2. The topological polar surface area (TPSA) is 53.8 Å². The zero-order valence-electron chi connectivity index (χ0n) is 10.6. The van der Waals surface area contributed by atoms with Gasteiger partial charge in [0.05, 0.1) is 17.0 Å². The Labute approximate surface area is 118 Å². The monoisotopic (exact) mass is 287 g/mol. The van der Waals surface area contributed by atoms with E-state index in [-0.39, 0.29) is 11.7 Å². The van der Waals surface area contributed by atoms with E-state index in [1.807, 2.05) is 6.07 Å². The number of carbonyl (C=O) groups excluding carboxylic acids is 1. The first-order valence-electron chi connectivity index (χ1n) is 5.94. The molecule has 2 aromatic rings. The third-order valence-corrected chi connectivity index (χ3v) is 3.51. The molecule has 0 atom stereocenters. The van der Waals surface area contributed by atoms with Crippen molar-refractivity contribution in [1.82, 2.24) is 0 Å². The molecular formula is C14H10FN3OS. The number of aryl methyl sites for hydroxylation is 1. The van der Waals surface area contributed by atoms with Crippen molar-refractivity contribution in [2.75, 3.05) is 5.32 Å². The van der Waals surface area contributed by atoms with Crippen molar-refractivity contribution < 1.29 is 9.18 Å². The number of amides is 1. The van der Waals surface area contributed by atoms with E-state index in [1.165, 1.54) is 18.2 Å². The van der Waals surface area contributed by atoms with Crippen molar-refractivity contribution in [3.63, 3.8) is 0 Å². The Bertz CT molecular complexity index is 782. The molecule has 0 aromatic heterocycles. The lowest BCUT2D eigenvalue weighted by molar-refractivity contribution is 0.102. The van der Waals surface area contributed by atoms with Crippen molar-refractivity contribution in [3.05, 3.63) is 53.3 Å². The molecule has 0 spiro atoms. The van der Waals surface area contributed by atoms with E-state index in [0.717, 1.165) is 17.0 Å². The number of anilines is 1. The smallest absolute Gasteiger partial charge is 0.255 e. The fourth-order valence-electron chi connectivity index (χ4n) is 1.98. The lowest BCUT2D eigenvalue weighted by atomic mass is 10.1. The van der Waals surface area contributed by atoms with Gasteiger partial charge in [-0.05, 0) is 42.8 Å². The molecule has 3 rings (SSSR count). The summed E-state index contributed by atoms with van der Waals surface area (Å²) in [7, 11) is 0. The standard InChI is InChI=1S/C14H10FN3OS/c1-8-7-9(15)5-6-10(8)14(19)16-11-3-2-4-12-13(11)18-20-17-12/h2-7H,1H3,(H,16,19). The summed E-state index contributed by atoms with van der Waals surface area (Å²) >= 11 is 1.09. The van der Waals surface area contributed by atoms with Crippen LogP contribution in [-0.4, -0.2) is 5.91 Å². The number of nitrogens with one attached hydrogen (secondary N) is 1. The third-order valence-electron chi connectivity index (χ3n) is 2.97. The molecule has 20 heavy (non-hydrogen) atoms. The van der Waals surface area contributed by atoms with Crippen molar-refractivity contribution in [3.8, 4) is 0 Å². The van der Waals surface area contributed by atoms with Gasteiger partial charge >= 0.3 is 0 Å². The van der Waals surface area contributed by atoms with Gasteiger partial charge in [-0.2, -0.15) is 8.73 Å². The fourth-order valence-corrected chi connectivity index (χ4v) is 2.53. The highest BCUT2D eigenvalue weighted by Gasteiger charge is 2.15. The van der Waals surface area contributed by atoms with E-state index in [1.54, 1.807) is 19.1 Å². The molecule has 1 aliphatic rings. The molecule has 1 N–H and O–H groups in total. The maximum Gasteiger partial charge on any atom is 0.255 e. The normalized spacial score (nSPS) is 11.9. The number of hydrogen-bond acceptors (Lipinski definition) is 3. The van der Waals surface area contributed by atoms with Crippen LogP contribution in [0.5, 0.6) is 0 Å². The van der Waals surface area contributed by atoms with Crippen LogP contribution >= 0.6 is 0 Å². The third kappa shape index (κ3) is 2.25. The van der Waals surface area contributed by atoms with E-state index in [9.17, 15) is 9.18 Å². The maximum absolute atomic E-state index is 13.1. The lowest BCUT2D eigenvalue weighted by Crippen LogP contribution is -2.13. The number of rotatable bonds is 2. The van der Waals surface area contributed by atoms with Crippen LogP contribution in [0.25, 0.3) is 0 Å². The Balaban J connectivity index is 1.91. The van der Waals surface area contributed by atoms with Crippen LogP contribution in [0, 0.1) is 12.7 Å². The zero-order valence-corrected chi connectivity index (χ0v) is 11.4. The largest absolute Gasteiger partial charge is 0.320 e. The van der Waals surface area contributed by atoms with Crippen molar-refractivity contribution in [2.45, 2.75) is 6.92 Å². The van der Waals surface area contributed by atoms with Gasteiger partial charge in [-0.1, -0.05) is 6.07 Å². The molecule has 1 amide bonds. The minimum absolute atomic E-state index is 0.289. The van der Waals surface area contributed by atoms with Crippen molar-refractivity contribution in [1.29, 1.82) is 0 Å². The van der Waals surface area contributed by atoms with Gasteiger partial charge in [0.2, 0.25) is 0 Å². The van der Waals surface area contributed by atoms with Crippen LogP contribution in [0.4, 0.5) is 21.5 Å². The van der Waals surface area contributed by atoms with Gasteiger partial charge < -0.3 is 5.32 Å². The summed E-state index contributed by atoms with van der Waals surface area (Å²) in [6.07, 6.45) is 0. The summed E-state index contributed by atoms with van der Waals surface area (Å²) < 4.78 is 21.3. The molecular weight excluding hydrogens is 277 g/mol. The summed E-state index contributed by atoms with van der Waals surface area (Å²) in [6.45, 7) is 1.70. The number of nitrogens with zero attached hydrogens (tertiary/aromatic N) is 2. The second kappa shape index (κ2) is 4.97. The van der Waals surface area contributed by atoms with E-state index in [4.69, 9.17) is 0 Å². The molecule has 0 saturated heterocycles. The molecule has 4 nitrogen and oxygen atoms in total. The van der Waals surface area contributed by atoms with Crippen molar-refractivity contribution in [2.24, 2.45) is 8.73 Å². The van der Waals surface area contributed by atoms with Gasteiger partial charge in [-0.3, -0.25) is 4.79 Å². The minimum Gasteiger partial charge on any atom is -0.320 e. The summed E-state index contributed by atoms with van der Waals surface area (Å²) in [5, 5.41) is 2.79. The van der Waals surface area contributed by atoms with Crippen LogP contribution < -0.4 is 5.32 Å². The summed E-state index contributed by atoms with van der Waals surface area (Å²) in [5.41, 5.74) is 3.02. The number of halogens is 1. The second-order valence-corrected chi connectivity index (χ2v) is 4.88. The minimum atomic E-state index is -0.357. The molecule has 0 unspecified atom stereocenters. The quantitative estimate of drug-likeness (QED) is 0.757. The lowest BCUT2D eigenvalue weighted by Gasteiger charge is -2.09. The summed E-state index contributed by atoms with van der Waals surface area (Å²) in [6, 6.07) is 9.47. The summed E-state index contributed by atoms with van der Waals surface area (Å²) in [4.78, 5) is 12.2. The van der Waals surface area contributed by atoms with Crippen LogP contribution in [-0.2, 0) is 11.4 Å². The summed E-state index contributed by atoms with van der Waals surface area (Å²) in [5.74, 6) is -0.646. The van der Waals surface area contributed by atoms with E-state index < -0.39 is 0 Å². The van der Waals surface area contributed by atoms with Gasteiger partial charge in [-0.15, -0.1) is 0 Å². The molecule has 0 bridgehead atoms. The van der Waals surface area contributed by atoms with Crippen LogP contribution in [0.15, 0.2) is 45.1 Å². The first-order chi connectivity index (χ1) is 9.65. The fraction of sp³-hybridized carbons (Fsp3) is 0.0714. The van der Waals surface area contributed by atoms with Crippen LogP contribution in [0.2, 0.25) is 0 Å². The highest BCUT2D eigenvalue weighted by atomic mass is 32.1. The Kier molecular flexibility index (Phi) is 3.15. The predicted octanol–water partition coefficient (Wildman–Crippen LogP) is 4.11. The molecule has 0 saturated carbocycles. The highest BCUT2D eigenvalue weighted by Crippen LogP contribution is 2.38. The molecule has 1 aliphatic heterocycles. The Hall–Kier alpha value is -2.34.